The molecule has 0 radical (unpaired) electrons. The van der Waals surface area contributed by atoms with Crippen LogP contribution in [0.1, 0.15) is 59.8 Å². The summed E-state index contributed by atoms with van der Waals surface area (Å²) in [5, 5.41) is 13.0. The maximum Gasteiger partial charge on any atom is 0.187 e. The summed E-state index contributed by atoms with van der Waals surface area (Å²) in [5.41, 5.74) is -1.66. The van der Waals surface area contributed by atoms with Gasteiger partial charge in [0, 0.05) is 30.7 Å². The molecule has 3 aromatic carbocycles. The van der Waals surface area contributed by atoms with Gasteiger partial charge in [0.2, 0.25) is 0 Å². The highest BCUT2D eigenvalue weighted by Gasteiger charge is 2.75. The Hall–Kier alpha value is -4.09. The molecule has 0 unspecified atom stereocenters. The minimum absolute atomic E-state index is 0.143. The van der Waals surface area contributed by atoms with Gasteiger partial charge in [-0.2, -0.15) is 0 Å². The molecule has 0 aromatic heterocycles. The van der Waals surface area contributed by atoms with E-state index in [4.69, 9.17) is 0 Å². The third-order valence-electron chi connectivity index (χ3n) is 8.29. The van der Waals surface area contributed by atoms with Gasteiger partial charge in [-0.15, -0.1) is 0 Å². The molecule has 3 aliphatic rings. The summed E-state index contributed by atoms with van der Waals surface area (Å²) in [6, 6.07) is 24.5. The zero-order chi connectivity index (χ0) is 26.7. The van der Waals surface area contributed by atoms with Crippen molar-refractivity contribution >= 4 is 23.4 Å². The Labute approximate surface area is 222 Å². The Kier molecular flexibility index (Phi) is 5.41. The molecule has 2 fully saturated rings. The highest BCUT2D eigenvalue weighted by molar-refractivity contribution is 6.14. The molecule has 3 aromatic rings. The summed E-state index contributed by atoms with van der Waals surface area (Å²) >= 11 is 0. The van der Waals surface area contributed by atoms with E-state index in [0.29, 0.717) is 11.1 Å². The lowest BCUT2D eigenvalue weighted by Gasteiger charge is -2.48. The standard InChI is InChI=1S/C33H29NO4/c1-31(2)20-28(36)32(29(37)21-31)30-25-16-10-9-11-22(25)17-18-34(30)27(19-26(35)23-12-5-3-6-13-23)33(32,38)24-14-7-4-8-15-24/h3-19,30,38H,20-21H2,1-2H3/b27-19-/t30-,33-/m0/s1. The first kappa shape index (κ1) is 24.3. The number of aliphatic hydroxyl groups is 1. The topological polar surface area (TPSA) is 74.7 Å². The molecule has 2 aliphatic heterocycles. The van der Waals surface area contributed by atoms with Crippen LogP contribution in [0.4, 0.5) is 0 Å². The number of allylic oxidation sites excluding steroid dienone is 1. The van der Waals surface area contributed by atoms with Crippen LogP contribution in [-0.4, -0.2) is 27.4 Å². The number of fused-ring (bicyclic) bond motifs is 4. The summed E-state index contributed by atoms with van der Waals surface area (Å²) in [6.45, 7) is 3.82. The lowest BCUT2D eigenvalue weighted by molar-refractivity contribution is -0.165. The van der Waals surface area contributed by atoms with Crippen LogP contribution in [0, 0.1) is 10.8 Å². The lowest BCUT2D eigenvalue weighted by Crippen LogP contribution is -2.60. The monoisotopic (exact) mass is 503 g/mol. The van der Waals surface area contributed by atoms with Crippen LogP contribution >= 0.6 is 0 Å². The van der Waals surface area contributed by atoms with Crippen LogP contribution in [0.25, 0.3) is 6.08 Å². The predicted octanol–water partition coefficient (Wildman–Crippen LogP) is 5.63. The zero-order valence-electron chi connectivity index (χ0n) is 21.4. The number of Topliss-reactive ketones (excluding diaryl/α,β-unsaturated/α-hetero) is 2. The van der Waals surface area contributed by atoms with Gasteiger partial charge < -0.3 is 10.0 Å². The van der Waals surface area contributed by atoms with Crippen LogP contribution in [0.15, 0.2) is 103 Å². The van der Waals surface area contributed by atoms with E-state index in [9.17, 15) is 19.5 Å². The van der Waals surface area contributed by atoms with Crippen LogP contribution in [0.2, 0.25) is 0 Å². The lowest BCUT2D eigenvalue weighted by atomic mass is 9.52. The van der Waals surface area contributed by atoms with Crippen LogP contribution in [-0.2, 0) is 15.2 Å². The fourth-order valence-corrected chi connectivity index (χ4v) is 6.67. The van der Waals surface area contributed by atoms with E-state index in [1.54, 1.807) is 59.6 Å². The van der Waals surface area contributed by atoms with Gasteiger partial charge in [0.1, 0.15) is 0 Å². The molecule has 1 aliphatic carbocycles. The molecule has 5 heteroatoms. The number of benzene rings is 3. The number of nitrogens with zero attached hydrogens (tertiary/aromatic N) is 1. The highest BCUT2D eigenvalue weighted by Crippen LogP contribution is 2.67. The van der Waals surface area contributed by atoms with Gasteiger partial charge in [0.05, 0.1) is 11.7 Å². The van der Waals surface area contributed by atoms with Gasteiger partial charge in [-0.3, -0.25) is 14.4 Å². The fraction of sp³-hybridized carbons (Fsp3) is 0.242. The summed E-state index contributed by atoms with van der Waals surface area (Å²) in [7, 11) is 0. The number of carbonyl (C=O) groups excluding carboxylic acids is 3. The van der Waals surface area contributed by atoms with E-state index in [-0.39, 0.29) is 35.9 Å². The van der Waals surface area contributed by atoms with Crippen molar-refractivity contribution < 1.29 is 19.5 Å². The minimum atomic E-state index is -2.06. The van der Waals surface area contributed by atoms with Crippen molar-refractivity contribution in [2.24, 2.45) is 10.8 Å². The average Bonchev–Trinajstić information content (AvgIpc) is 3.14. The third kappa shape index (κ3) is 3.25. The quantitative estimate of drug-likeness (QED) is 0.285. The Balaban J connectivity index is 1.70. The molecule has 190 valence electrons. The molecule has 0 amide bonds. The molecular weight excluding hydrogens is 474 g/mol. The molecule has 1 spiro atoms. The van der Waals surface area contributed by atoms with Gasteiger partial charge in [-0.05, 0) is 28.2 Å². The molecule has 2 heterocycles. The van der Waals surface area contributed by atoms with Gasteiger partial charge in [-0.25, -0.2) is 0 Å². The van der Waals surface area contributed by atoms with Crippen LogP contribution in [0.3, 0.4) is 0 Å². The van der Waals surface area contributed by atoms with E-state index in [0.717, 1.165) is 11.1 Å². The first-order valence-corrected chi connectivity index (χ1v) is 12.9. The normalized spacial score (nSPS) is 25.9. The average molecular weight is 504 g/mol. The third-order valence-corrected chi connectivity index (χ3v) is 8.29. The number of carbonyl (C=O) groups is 3. The molecule has 1 N–H and O–H groups in total. The van der Waals surface area contributed by atoms with Gasteiger partial charge >= 0.3 is 0 Å². The van der Waals surface area contributed by atoms with Crippen molar-refractivity contribution in [1.82, 2.24) is 4.90 Å². The summed E-state index contributed by atoms with van der Waals surface area (Å²) < 4.78 is 0. The van der Waals surface area contributed by atoms with E-state index in [1.165, 1.54) is 6.08 Å². The van der Waals surface area contributed by atoms with Crippen LogP contribution in [0.5, 0.6) is 0 Å². The van der Waals surface area contributed by atoms with Crippen molar-refractivity contribution in [1.29, 1.82) is 0 Å². The van der Waals surface area contributed by atoms with Gasteiger partial charge in [0.25, 0.3) is 0 Å². The van der Waals surface area contributed by atoms with Crippen LogP contribution < -0.4 is 0 Å². The Morgan fingerprint density at radius 1 is 0.868 bits per heavy atom. The molecular formula is C33H29NO4. The number of hydrogen-bond acceptors (Lipinski definition) is 5. The minimum Gasteiger partial charge on any atom is -0.377 e. The van der Waals surface area contributed by atoms with Crippen molar-refractivity contribution in [3.8, 4) is 0 Å². The zero-order valence-corrected chi connectivity index (χ0v) is 21.4. The second kappa shape index (κ2) is 8.47. The molecule has 5 nitrogen and oxygen atoms in total. The number of hydrogen-bond donors (Lipinski definition) is 1. The molecule has 0 bridgehead atoms. The Bertz CT molecular complexity index is 1500. The van der Waals surface area contributed by atoms with E-state index in [1.807, 2.05) is 56.3 Å². The number of ketones is 3. The fourth-order valence-electron chi connectivity index (χ4n) is 6.67. The second-order valence-corrected chi connectivity index (χ2v) is 11.3. The van der Waals surface area contributed by atoms with Crippen molar-refractivity contribution in [2.45, 2.75) is 38.3 Å². The SMILES string of the molecule is CC1(C)CC(=O)C2(C(=O)C1)[C@@H]1c3ccccc3C=CN1/C(=C\C(=O)c1ccccc1)[C@@]2(O)c1ccccc1. The van der Waals surface area contributed by atoms with Crippen molar-refractivity contribution in [3.05, 3.63) is 125 Å². The summed E-state index contributed by atoms with van der Waals surface area (Å²) in [4.78, 5) is 44.3. The van der Waals surface area contributed by atoms with Crippen molar-refractivity contribution in [2.75, 3.05) is 0 Å². The van der Waals surface area contributed by atoms with E-state index in [2.05, 4.69) is 0 Å². The maximum absolute atomic E-state index is 14.5. The predicted molar refractivity (Wildman–Crippen MR) is 145 cm³/mol. The summed E-state index contributed by atoms with van der Waals surface area (Å²) in [5.74, 6) is -0.921. The smallest absolute Gasteiger partial charge is 0.187 e. The first-order chi connectivity index (χ1) is 18.2. The molecule has 1 saturated heterocycles. The van der Waals surface area contributed by atoms with Gasteiger partial charge in [0.15, 0.2) is 28.4 Å². The molecule has 2 atom stereocenters. The second-order valence-electron chi connectivity index (χ2n) is 11.3. The maximum atomic E-state index is 14.5. The number of rotatable bonds is 3. The first-order valence-electron chi connectivity index (χ1n) is 12.9. The largest absolute Gasteiger partial charge is 0.377 e. The van der Waals surface area contributed by atoms with Crippen molar-refractivity contribution in [3.63, 3.8) is 0 Å². The molecule has 1 saturated carbocycles. The van der Waals surface area contributed by atoms with E-state index < -0.39 is 22.5 Å². The van der Waals surface area contributed by atoms with Gasteiger partial charge in [-0.1, -0.05) is 98.8 Å². The summed E-state index contributed by atoms with van der Waals surface area (Å²) in [6.07, 6.45) is 5.38. The Morgan fingerprint density at radius 2 is 1.45 bits per heavy atom. The molecule has 38 heavy (non-hydrogen) atoms. The highest BCUT2D eigenvalue weighted by atomic mass is 16.3. The van der Waals surface area contributed by atoms with E-state index >= 15 is 0 Å². The molecule has 6 rings (SSSR count). The Morgan fingerprint density at radius 3 is 2.11 bits per heavy atom.